The number of ether oxygens (including phenoxy) is 1. The molecule has 0 saturated heterocycles. The Kier molecular flexibility index (Phi) is 4.47. The van der Waals surface area contributed by atoms with Crippen molar-refractivity contribution in [1.82, 2.24) is 19.7 Å². The zero-order chi connectivity index (χ0) is 16.4. The summed E-state index contributed by atoms with van der Waals surface area (Å²) in [5.41, 5.74) is 1.94. The van der Waals surface area contributed by atoms with E-state index in [1.807, 2.05) is 26.1 Å². The van der Waals surface area contributed by atoms with Crippen LogP contribution < -0.4 is 10.1 Å². The Morgan fingerprint density at radius 1 is 1.26 bits per heavy atom. The first-order valence-electron chi connectivity index (χ1n) is 7.42. The summed E-state index contributed by atoms with van der Waals surface area (Å²) >= 11 is 3.47. The zero-order valence-electron chi connectivity index (χ0n) is 13.2. The molecule has 0 amide bonds. The number of aryl methyl sites for hydroxylation is 1. The first kappa shape index (κ1) is 15.7. The molecule has 6 nitrogen and oxygen atoms in total. The van der Waals surface area contributed by atoms with Crippen molar-refractivity contribution in [3.63, 3.8) is 0 Å². The molecule has 23 heavy (non-hydrogen) atoms. The number of anilines is 1. The molecule has 2 aromatic heterocycles. The summed E-state index contributed by atoms with van der Waals surface area (Å²) < 4.78 is 7.94. The fraction of sp³-hybridized carbons (Fsp3) is 0.312. The van der Waals surface area contributed by atoms with Gasteiger partial charge < -0.3 is 10.1 Å². The van der Waals surface area contributed by atoms with Gasteiger partial charge >= 0.3 is 0 Å². The van der Waals surface area contributed by atoms with Crippen molar-refractivity contribution in [2.24, 2.45) is 7.05 Å². The van der Waals surface area contributed by atoms with Crippen LogP contribution in [0.1, 0.15) is 25.5 Å². The molecule has 1 atom stereocenters. The lowest BCUT2D eigenvalue weighted by Gasteiger charge is -2.16. The van der Waals surface area contributed by atoms with Gasteiger partial charge in [0.15, 0.2) is 5.65 Å². The number of halogens is 1. The molecule has 0 saturated carbocycles. The molecule has 120 valence electrons. The summed E-state index contributed by atoms with van der Waals surface area (Å²) in [6, 6.07) is 8.16. The Balaban J connectivity index is 1.86. The molecule has 1 unspecified atom stereocenters. The molecule has 3 rings (SSSR count). The van der Waals surface area contributed by atoms with Crippen LogP contribution in [0.5, 0.6) is 5.75 Å². The zero-order valence-corrected chi connectivity index (χ0v) is 14.8. The van der Waals surface area contributed by atoms with E-state index in [9.17, 15) is 0 Å². The minimum absolute atomic E-state index is 0.0934. The van der Waals surface area contributed by atoms with E-state index in [4.69, 9.17) is 4.74 Å². The number of rotatable bonds is 5. The highest BCUT2D eigenvalue weighted by Crippen LogP contribution is 2.29. The second kappa shape index (κ2) is 6.54. The quantitative estimate of drug-likeness (QED) is 0.736. The van der Waals surface area contributed by atoms with Gasteiger partial charge in [-0.05, 0) is 47.5 Å². The number of aromatic nitrogens is 4. The molecule has 0 fully saturated rings. The maximum absolute atomic E-state index is 5.48. The Morgan fingerprint density at radius 2 is 2.00 bits per heavy atom. The van der Waals surface area contributed by atoms with Crippen molar-refractivity contribution in [1.29, 1.82) is 0 Å². The minimum Gasteiger partial charge on any atom is -0.494 e. The van der Waals surface area contributed by atoms with Crippen LogP contribution in [-0.4, -0.2) is 26.4 Å². The third-order valence-electron chi connectivity index (χ3n) is 3.62. The van der Waals surface area contributed by atoms with Crippen LogP contribution >= 0.6 is 15.9 Å². The number of hydrogen-bond acceptors (Lipinski definition) is 5. The van der Waals surface area contributed by atoms with Crippen LogP contribution in [0.15, 0.2) is 35.2 Å². The second-order valence-electron chi connectivity index (χ2n) is 5.20. The van der Waals surface area contributed by atoms with Gasteiger partial charge in [-0.25, -0.2) is 14.6 Å². The number of fused-ring (bicyclic) bond motifs is 1. The van der Waals surface area contributed by atoms with Crippen LogP contribution in [0.3, 0.4) is 0 Å². The molecule has 1 N–H and O–H groups in total. The normalized spacial score (nSPS) is 12.3. The maximum atomic E-state index is 5.48. The van der Waals surface area contributed by atoms with Crippen LogP contribution in [0.4, 0.5) is 5.82 Å². The van der Waals surface area contributed by atoms with Crippen LogP contribution in [-0.2, 0) is 7.05 Å². The fourth-order valence-electron chi connectivity index (χ4n) is 2.46. The lowest BCUT2D eigenvalue weighted by atomic mass is 10.1. The number of nitrogens with zero attached hydrogens (tertiary/aromatic N) is 4. The molecule has 0 aliphatic carbocycles. The summed E-state index contributed by atoms with van der Waals surface area (Å²) in [5, 5.41) is 8.65. The highest BCUT2D eigenvalue weighted by Gasteiger charge is 2.15. The number of hydrogen-bond donors (Lipinski definition) is 1. The summed E-state index contributed by atoms with van der Waals surface area (Å²) in [6.07, 6.45) is 1.55. The predicted octanol–water partition coefficient (Wildman–Crippen LogP) is 3.70. The largest absolute Gasteiger partial charge is 0.494 e. The van der Waals surface area contributed by atoms with Crippen molar-refractivity contribution in [3.05, 3.63) is 40.8 Å². The molecule has 0 aliphatic heterocycles. The SMILES string of the molecule is CCOc1ccc(C(C)Nc2ncnc3c2c(Br)nn3C)cc1. The maximum Gasteiger partial charge on any atom is 0.164 e. The van der Waals surface area contributed by atoms with E-state index in [0.717, 1.165) is 32.8 Å². The smallest absolute Gasteiger partial charge is 0.164 e. The lowest BCUT2D eigenvalue weighted by Crippen LogP contribution is -2.08. The lowest BCUT2D eigenvalue weighted by molar-refractivity contribution is 0.340. The average molecular weight is 376 g/mol. The van der Waals surface area contributed by atoms with Crippen molar-refractivity contribution in [2.45, 2.75) is 19.9 Å². The molecular weight excluding hydrogens is 358 g/mol. The summed E-state index contributed by atoms with van der Waals surface area (Å²) in [7, 11) is 1.86. The van der Waals surface area contributed by atoms with Crippen LogP contribution in [0.2, 0.25) is 0 Å². The van der Waals surface area contributed by atoms with E-state index in [1.54, 1.807) is 11.0 Å². The monoisotopic (exact) mass is 375 g/mol. The Labute approximate surface area is 143 Å². The standard InChI is InChI=1S/C16H18BrN5O/c1-4-23-12-7-5-11(6-8-12)10(2)20-15-13-14(17)21-22(3)16(13)19-9-18-15/h5-10H,4H2,1-3H3,(H,18,19,20). The van der Waals surface area contributed by atoms with Gasteiger partial charge in [0.05, 0.1) is 12.0 Å². The Hall–Kier alpha value is -2.15. The molecule has 1 aromatic carbocycles. The topological polar surface area (TPSA) is 64.9 Å². The fourth-order valence-corrected chi connectivity index (χ4v) is 3.06. The van der Waals surface area contributed by atoms with E-state index in [-0.39, 0.29) is 6.04 Å². The van der Waals surface area contributed by atoms with Gasteiger partial charge in [-0.15, -0.1) is 0 Å². The molecule has 0 bridgehead atoms. The van der Waals surface area contributed by atoms with E-state index in [2.05, 4.69) is 55.4 Å². The van der Waals surface area contributed by atoms with E-state index in [1.165, 1.54) is 0 Å². The molecule has 3 aromatic rings. The number of nitrogens with one attached hydrogen (secondary N) is 1. The third-order valence-corrected chi connectivity index (χ3v) is 4.18. The minimum atomic E-state index is 0.0934. The average Bonchev–Trinajstić information content (AvgIpc) is 2.84. The van der Waals surface area contributed by atoms with Gasteiger partial charge in [0, 0.05) is 13.1 Å². The summed E-state index contributed by atoms with van der Waals surface area (Å²) in [6.45, 7) is 4.74. The number of benzene rings is 1. The molecule has 7 heteroatoms. The Bertz CT molecular complexity index is 815. The van der Waals surface area contributed by atoms with Crippen LogP contribution in [0.25, 0.3) is 11.0 Å². The summed E-state index contributed by atoms with van der Waals surface area (Å²) in [4.78, 5) is 8.64. The molecular formula is C16H18BrN5O. The van der Waals surface area contributed by atoms with Gasteiger partial charge in [-0.1, -0.05) is 12.1 Å². The second-order valence-corrected chi connectivity index (χ2v) is 5.95. The predicted molar refractivity (Wildman–Crippen MR) is 93.7 cm³/mol. The first-order valence-corrected chi connectivity index (χ1v) is 8.22. The van der Waals surface area contributed by atoms with Gasteiger partial charge in [-0.3, -0.25) is 0 Å². The van der Waals surface area contributed by atoms with E-state index in [0.29, 0.717) is 6.61 Å². The highest BCUT2D eigenvalue weighted by molar-refractivity contribution is 9.10. The van der Waals surface area contributed by atoms with Crippen molar-refractivity contribution >= 4 is 32.8 Å². The third kappa shape index (κ3) is 3.14. The highest BCUT2D eigenvalue weighted by atomic mass is 79.9. The molecule has 0 aliphatic rings. The van der Waals surface area contributed by atoms with Crippen molar-refractivity contribution in [3.8, 4) is 5.75 Å². The van der Waals surface area contributed by atoms with Crippen LogP contribution in [0, 0.1) is 0 Å². The Morgan fingerprint density at radius 3 is 2.70 bits per heavy atom. The van der Waals surface area contributed by atoms with Crippen molar-refractivity contribution in [2.75, 3.05) is 11.9 Å². The van der Waals surface area contributed by atoms with Gasteiger partial charge in [0.2, 0.25) is 0 Å². The molecule has 0 spiro atoms. The first-order chi connectivity index (χ1) is 11.1. The van der Waals surface area contributed by atoms with Crippen molar-refractivity contribution < 1.29 is 4.74 Å². The molecule has 2 heterocycles. The van der Waals surface area contributed by atoms with E-state index < -0.39 is 0 Å². The summed E-state index contributed by atoms with van der Waals surface area (Å²) in [5.74, 6) is 1.64. The molecule has 0 radical (unpaired) electrons. The van der Waals surface area contributed by atoms with Gasteiger partial charge in [0.25, 0.3) is 0 Å². The van der Waals surface area contributed by atoms with Gasteiger partial charge in [-0.2, -0.15) is 5.10 Å². The van der Waals surface area contributed by atoms with Gasteiger partial charge in [0.1, 0.15) is 22.5 Å². The van der Waals surface area contributed by atoms with E-state index >= 15 is 0 Å².